The van der Waals surface area contributed by atoms with Crippen molar-refractivity contribution in [1.82, 2.24) is 4.31 Å². The van der Waals surface area contributed by atoms with Crippen molar-refractivity contribution in [2.45, 2.75) is 4.90 Å². The van der Waals surface area contributed by atoms with Crippen LogP contribution >= 0.6 is 11.6 Å². The van der Waals surface area contributed by atoms with E-state index in [1.807, 2.05) is 24.3 Å². The third-order valence-corrected chi connectivity index (χ3v) is 6.23. The minimum absolute atomic E-state index is 0.237. The van der Waals surface area contributed by atoms with Gasteiger partial charge in [0.05, 0.1) is 17.7 Å². The van der Waals surface area contributed by atoms with Crippen LogP contribution in [-0.2, 0) is 10.0 Å². The molecule has 0 saturated carbocycles. The Balaban J connectivity index is 1.75. The Kier molecular flexibility index (Phi) is 4.99. The summed E-state index contributed by atoms with van der Waals surface area (Å²) in [5.74, 6) is 0.795. The van der Waals surface area contributed by atoms with Crippen LogP contribution in [0.3, 0.4) is 0 Å². The molecule has 0 atom stereocenters. The summed E-state index contributed by atoms with van der Waals surface area (Å²) in [7, 11) is -1.88. The van der Waals surface area contributed by atoms with Crippen molar-refractivity contribution in [3.8, 4) is 5.75 Å². The number of sulfonamides is 1. The van der Waals surface area contributed by atoms with E-state index in [2.05, 4.69) is 4.90 Å². The third-order valence-electron chi connectivity index (χ3n) is 4.10. The lowest BCUT2D eigenvalue weighted by Crippen LogP contribution is -2.48. The maximum absolute atomic E-state index is 12.7. The van der Waals surface area contributed by atoms with Crippen molar-refractivity contribution in [3.05, 3.63) is 53.6 Å². The highest BCUT2D eigenvalue weighted by Crippen LogP contribution is 2.29. The highest BCUT2D eigenvalue weighted by atomic mass is 35.5. The first kappa shape index (κ1) is 17.1. The van der Waals surface area contributed by atoms with Gasteiger partial charge in [-0.1, -0.05) is 29.8 Å². The van der Waals surface area contributed by atoms with Crippen LogP contribution in [0.4, 0.5) is 5.69 Å². The fourth-order valence-electron chi connectivity index (χ4n) is 2.84. The molecule has 3 rings (SSSR count). The zero-order chi connectivity index (χ0) is 17.2. The number of benzene rings is 2. The van der Waals surface area contributed by atoms with E-state index < -0.39 is 10.0 Å². The predicted molar refractivity (Wildman–Crippen MR) is 95.4 cm³/mol. The van der Waals surface area contributed by atoms with Gasteiger partial charge in [-0.05, 0) is 30.3 Å². The van der Waals surface area contributed by atoms with Crippen molar-refractivity contribution in [2.24, 2.45) is 0 Å². The number of anilines is 1. The number of methoxy groups -OCH3 is 1. The molecule has 0 aliphatic carbocycles. The highest BCUT2D eigenvalue weighted by Gasteiger charge is 2.29. The Labute approximate surface area is 147 Å². The molecule has 2 aromatic rings. The van der Waals surface area contributed by atoms with Gasteiger partial charge in [-0.2, -0.15) is 4.31 Å². The number of ether oxygens (including phenoxy) is 1. The average Bonchev–Trinajstić information content (AvgIpc) is 2.62. The van der Waals surface area contributed by atoms with Crippen molar-refractivity contribution in [3.63, 3.8) is 0 Å². The first-order valence-electron chi connectivity index (χ1n) is 7.66. The van der Waals surface area contributed by atoms with Crippen LogP contribution < -0.4 is 9.64 Å². The van der Waals surface area contributed by atoms with E-state index in [-0.39, 0.29) is 4.90 Å². The highest BCUT2D eigenvalue weighted by molar-refractivity contribution is 7.89. The minimum atomic E-state index is -3.51. The first-order valence-corrected chi connectivity index (χ1v) is 9.48. The Morgan fingerprint density at radius 3 is 2.38 bits per heavy atom. The molecule has 7 heteroatoms. The monoisotopic (exact) mass is 366 g/mol. The smallest absolute Gasteiger partial charge is 0.243 e. The maximum atomic E-state index is 12.7. The fourth-order valence-corrected chi connectivity index (χ4v) is 4.56. The molecule has 1 aliphatic heterocycles. The number of piperazine rings is 1. The van der Waals surface area contributed by atoms with Crippen molar-refractivity contribution in [2.75, 3.05) is 38.2 Å². The molecule has 0 N–H and O–H groups in total. The molecule has 24 heavy (non-hydrogen) atoms. The maximum Gasteiger partial charge on any atom is 0.243 e. The summed E-state index contributed by atoms with van der Waals surface area (Å²) in [4.78, 5) is 2.38. The van der Waals surface area contributed by atoms with Crippen LogP contribution in [0.15, 0.2) is 53.4 Å². The quantitative estimate of drug-likeness (QED) is 0.834. The SMILES string of the molecule is COc1ccccc1N1CCN(S(=O)(=O)c2cccc(Cl)c2)CC1. The van der Waals surface area contributed by atoms with Gasteiger partial charge in [0.15, 0.2) is 0 Å². The molecule has 0 amide bonds. The summed E-state index contributed by atoms with van der Waals surface area (Å²) in [6.07, 6.45) is 0. The Morgan fingerprint density at radius 2 is 1.71 bits per heavy atom. The molecule has 0 spiro atoms. The third kappa shape index (κ3) is 3.36. The molecule has 128 valence electrons. The van der Waals surface area contributed by atoms with Gasteiger partial charge in [0.1, 0.15) is 5.75 Å². The fraction of sp³-hybridized carbons (Fsp3) is 0.294. The summed E-state index contributed by atoms with van der Waals surface area (Å²) >= 11 is 5.92. The standard InChI is InChI=1S/C17H19ClN2O3S/c1-23-17-8-3-2-7-16(17)19-9-11-20(12-10-19)24(21,22)15-6-4-5-14(18)13-15/h2-8,13H,9-12H2,1H3. The number of hydrogen-bond donors (Lipinski definition) is 0. The minimum Gasteiger partial charge on any atom is -0.495 e. The van der Waals surface area contributed by atoms with Crippen LogP contribution in [0.1, 0.15) is 0 Å². The Morgan fingerprint density at radius 1 is 1.00 bits per heavy atom. The second-order valence-corrected chi connectivity index (χ2v) is 7.89. The molecule has 0 aromatic heterocycles. The van der Waals surface area contributed by atoms with Gasteiger partial charge >= 0.3 is 0 Å². The molecule has 0 unspecified atom stereocenters. The molecule has 1 saturated heterocycles. The van der Waals surface area contributed by atoms with Gasteiger partial charge in [0, 0.05) is 31.2 Å². The molecule has 1 fully saturated rings. The van der Waals surface area contributed by atoms with Crippen LogP contribution in [0.5, 0.6) is 5.75 Å². The predicted octanol–water partition coefficient (Wildman–Crippen LogP) is 2.86. The molecular formula is C17H19ClN2O3S. The summed E-state index contributed by atoms with van der Waals surface area (Å²) in [6.45, 7) is 2.07. The van der Waals surface area contributed by atoms with E-state index in [0.29, 0.717) is 31.2 Å². The van der Waals surface area contributed by atoms with Gasteiger partial charge in [0.2, 0.25) is 10.0 Å². The number of nitrogens with zero attached hydrogens (tertiary/aromatic N) is 2. The average molecular weight is 367 g/mol. The lowest BCUT2D eigenvalue weighted by Gasteiger charge is -2.35. The van der Waals surface area contributed by atoms with E-state index in [0.717, 1.165) is 11.4 Å². The molecule has 0 bridgehead atoms. The van der Waals surface area contributed by atoms with Crippen molar-refractivity contribution < 1.29 is 13.2 Å². The van der Waals surface area contributed by atoms with Gasteiger partial charge in [-0.15, -0.1) is 0 Å². The zero-order valence-corrected chi connectivity index (χ0v) is 14.9. The molecule has 5 nitrogen and oxygen atoms in total. The van der Waals surface area contributed by atoms with Crippen LogP contribution in [0, 0.1) is 0 Å². The lowest BCUT2D eigenvalue weighted by atomic mass is 10.2. The largest absolute Gasteiger partial charge is 0.495 e. The number of para-hydroxylation sites is 2. The van der Waals surface area contributed by atoms with Gasteiger partial charge in [-0.25, -0.2) is 8.42 Å². The molecule has 2 aromatic carbocycles. The molecule has 1 heterocycles. The van der Waals surface area contributed by atoms with Gasteiger partial charge < -0.3 is 9.64 Å². The van der Waals surface area contributed by atoms with E-state index in [1.54, 1.807) is 25.3 Å². The van der Waals surface area contributed by atoms with Crippen LogP contribution in [0.2, 0.25) is 5.02 Å². The first-order chi connectivity index (χ1) is 11.5. The number of rotatable bonds is 4. The van der Waals surface area contributed by atoms with Crippen molar-refractivity contribution in [1.29, 1.82) is 0 Å². The second-order valence-electron chi connectivity index (χ2n) is 5.52. The summed E-state index contributed by atoms with van der Waals surface area (Å²) in [5.41, 5.74) is 0.986. The topological polar surface area (TPSA) is 49.9 Å². The lowest BCUT2D eigenvalue weighted by molar-refractivity contribution is 0.378. The summed E-state index contributed by atoms with van der Waals surface area (Å²) < 4.78 is 32.4. The number of halogens is 1. The normalized spacial score (nSPS) is 16.2. The molecular weight excluding hydrogens is 348 g/mol. The van der Waals surface area contributed by atoms with E-state index in [1.165, 1.54) is 10.4 Å². The van der Waals surface area contributed by atoms with Crippen molar-refractivity contribution >= 4 is 27.3 Å². The van der Waals surface area contributed by atoms with Gasteiger partial charge in [-0.3, -0.25) is 0 Å². The summed E-state index contributed by atoms with van der Waals surface area (Å²) in [6, 6.07) is 14.2. The van der Waals surface area contributed by atoms with Crippen LogP contribution in [0.25, 0.3) is 0 Å². The number of hydrogen-bond acceptors (Lipinski definition) is 4. The Bertz CT molecular complexity index is 818. The molecule has 1 aliphatic rings. The van der Waals surface area contributed by atoms with E-state index >= 15 is 0 Å². The second kappa shape index (κ2) is 7.01. The van der Waals surface area contributed by atoms with E-state index in [4.69, 9.17) is 16.3 Å². The zero-order valence-electron chi connectivity index (χ0n) is 13.4. The Hall–Kier alpha value is -1.76. The summed E-state index contributed by atoms with van der Waals surface area (Å²) in [5, 5.41) is 0.420. The molecule has 0 radical (unpaired) electrons. The van der Waals surface area contributed by atoms with Crippen LogP contribution in [-0.4, -0.2) is 46.0 Å². The van der Waals surface area contributed by atoms with E-state index in [9.17, 15) is 8.42 Å². The van der Waals surface area contributed by atoms with Gasteiger partial charge in [0.25, 0.3) is 0 Å².